The zero-order valence-corrected chi connectivity index (χ0v) is 19.3. The molecule has 0 amide bonds. The molecule has 0 unspecified atom stereocenters. The van der Waals surface area contributed by atoms with E-state index in [1.54, 1.807) is 0 Å². The van der Waals surface area contributed by atoms with Gasteiger partial charge in [0.05, 0.1) is 0 Å². The van der Waals surface area contributed by atoms with Gasteiger partial charge in [-0.05, 0) is 60.2 Å². The number of ether oxygens (including phenoxy) is 2. The molecule has 1 saturated heterocycles. The quantitative estimate of drug-likeness (QED) is 0.339. The minimum absolute atomic E-state index is 0.455. The van der Waals surface area contributed by atoms with Crippen LogP contribution in [-0.2, 0) is 13.2 Å². The molecule has 0 atom stereocenters. The van der Waals surface area contributed by atoms with Gasteiger partial charge in [0.1, 0.15) is 13.2 Å². The van der Waals surface area contributed by atoms with Gasteiger partial charge in [-0.2, -0.15) is 4.98 Å². The number of hydrogen-bond acceptors (Lipinski definition) is 4. The van der Waals surface area contributed by atoms with Crippen LogP contribution >= 0.6 is 0 Å². The number of benzene rings is 3. The van der Waals surface area contributed by atoms with Gasteiger partial charge in [-0.1, -0.05) is 84.9 Å². The Labute approximate surface area is 201 Å². The van der Waals surface area contributed by atoms with Crippen molar-refractivity contribution in [2.24, 2.45) is 0 Å². The summed E-state index contributed by atoms with van der Waals surface area (Å²) in [6.07, 6.45) is 2.39. The van der Waals surface area contributed by atoms with Gasteiger partial charge in [-0.15, -0.1) is 0 Å². The minimum atomic E-state index is 0.455. The molecular weight excluding hydrogens is 420 g/mol. The first-order chi connectivity index (χ1) is 16.8. The fourth-order valence-corrected chi connectivity index (χ4v) is 4.38. The second kappa shape index (κ2) is 11.0. The average Bonchev–Trinajstić information content (AvgIpc) is 2.92. The van der Waals surface area contributed by atoms with Gasteiger partial charge in [-0.25, -0.2) is 0 Å². The van der Waals surface area contributed by atoms with Crippen LogP contribution in [0.1, 0.15) is 35.4 Å². The molecule has 0 radical (unpaired) electrons. The van der Waals surface area contributed by atoms with E-state index in [1.807, 2.05) is 60.7 Å². The molecule has 1 fully saturated rings. The van der Waals surface area contributed by atoms with E-state index in [9.17, 15) is 0 Å². The molecule has 2 heterocycles. The Morgan fingerprint density at radius 3 is 1.94 bits per heavy atom. The lowest BCUT2D eigenvalue weighted by atomic mass is 9.89. The largest absolute Gasteiger partial charge is 0.473 e. The third kappa shape index (κ3) is 5.64. The third-order valence-corrected chi connectivity index (χ3v) is 6.31. The number of nitrogens with one attached hydrogen (secondary N) is 1. The highest BCUT2D eigenvalue weighted by molar-refractivity contribution is 5.69. The van der Waals surface area contributed by atoms with E-state index in [4.69, 9.17) is 14.5 Å². The standard InChI is InChI=1S/C30H30N2O2/c1-3-7-23(8-4-1)21-33-29-16-15-28(30(32-29)34-22-24-9-5-2-6-10-24)27-13-11-25(12-14-27)26-17-19-31-20-18-26/h1-16,26,31H,17-22H2. The van der Waals surface area contributed by atoms with E-state index >= 15 is 0 Å². The molecule has 1 aliphatic rings. The Kier molecular flexibility index (Phi) is 7.17. The maximum Gasteiger partial charge on any atom is 0.225 e. The fourth-order valence-electron chi connectivity index (χ4n) is 4.38. The molecule has 3 aromatic carbocycles. The normalized spacial score (nSPS) is 14.0. The second-order valence-electron chi connectivity index (χ2n) is 8.70. The van der Waals surface area contributed by atoms with Crippen LogP contribution in [0.4, 0.5) is 0 Å². The number of piperidine rings is 1. The molecule has 4 aromatic rings. The summed E-state index contributed by atoms with van der Waals surface area (Å²) < 4.78 is 12.2. The highest BCUT2D eigenvalue weighted by Crippen LogP contribution is 2.33. The lowest BCUT2D eigenvalue weighted by Gasteiger charge is -2.23. The molecule has 0 spiro atoms. The maximum atomic E-state index is 6.22. The van der Waals surface area contributed by atoms with Crippen molar-refractivity contribution in [3.8, 4) is 22.9 Å². The summed E-state index contributed by atoms with van der Waals surface area (Å²) in [4.78, 5) is 4.74. The van der Waals surface area contributed by atoms with Crippen molar-refractivity contribution in [1.29, 1.82) is 0 Å². The summed E-state index contributed by atoms with van der Waals surface area (Å²) in [5.74, 6) is 1.78. The first-order valence-corrected chi connectivity index (χ1v) is 12.0. The third-order valence-electron chi connectivity index (χ3n) is 6.31. The highest BCUT2D eigenvalue weighted by Gasteiger charge is 2.16. The van der Waals surface area contributed by atoms with E-state index in [0.717, 1.165) is 35.3 Å². The molecule has 5 rings (SSSR count). The summed E-state index contributed by atoms with van der Waals surface area (Å²) >= 11 is 0. The van der Waals surface area contributed by atoms with Crippen LogP contribution < -0.4 is 14.8 Å². The minimum Gasteiger partial charge on any atom is -0.473 e. The molecule has 1 aliphatic heterocycles. The van der Waals surface area contributed by atoms with Gasteiger partial charge in [0.15, 0.2) is 0 Å². The van der Waals surface area contributed by atoms with Gasteiger partial charge in [-0.3, -0.25) is 0 Å². The van der Waals surface area contributed by atoms with Crippen LogP contribution in [0.2, 0.25) is 0 Å². The molecule has 1 N–H and O–H groups in total. The molecule has 4 heteroatoms. The molecule has 0 bridgehead atoms. The van der Waals surface area contributed by atoms with E-state index in [2.05, 4.69) is 41.7 Å². The van der Waals surface area contributed by atoms with Gasteiger partial charge in [0.2, 0.25) is 11.8 Å². The number of nitrogens with zero attached hydrogens (tertiary/aromatic N) is 1. The maximum absolute atomic E-state index is 6.22. The lowest BCUT2D eigenvalue weighted by molar-refractivity contribution is 0.268. The van der Waals surface area contributed by atoms with E-state index in [1.165, 1.54) is 18.4 Å². The van der Waals surface area contributed by atoms with Gasteiger partial charge >= 0.3 is 0 Å². The number of aromatic nitrogens is 1. The molecule has 34 heavy (non-hydrogen) atoms. The average molecular weight is 451 g/mol. The van der Waals surface area contributed by atoms with Crippen molar-refractivity contribution in [3.63, 3.8) is 0 Å². The van der Waals surface area contributed by atoms with Gasteiger partial charge in [0.25, 0.3) is 0 Å². The van der Waals surface area contributed by atoms with Crippen molar-refractivity contribution < 1.29 is 9.47 Å². The molecule has 4 nitrogen and oxygen atoms in total. The van der Waals surface area contributed by atoms with Crippen molar-refractivity contribution in [2.45, 2.75) is 32.0 Å². The highest BCUT2D eigenvalue weighted by atomic mass is 16.5. The number of rotatable bonds is 8. The van der Waals surface area contributed by atoms with Gasteiger partial charge < -0.3 is 14.8 Å². The van der Waals surface area contributed by atoms with Crippen LogP contribution in [0.15, 0.2) is 97.1 Å². The monoisotopic (exact) mass is 450 g/mol. The summed E-state index contributed by atoms with van der Waals surface area (Å²) in [5.41, 5.74) is 5.69. The first kappa shape index (κ1) is 22.2. The predicted octanol–water partition coefficient (Wildman–Crippen LogP) is 6.37. The molecular formula is C30H30N2O2. The Balaban J connectivity index is 1.37. The van der Waals surface area contributed by atoms with E-state index in [-0.39, 0.29) is 0 Å². The summed E-state index contributed by atoms with van der Waals surface area (Å²) in [6, 6.07) is 33.1. The zero-order chi connectivity index (χ0) is 23.0. The molecule has 0 aliphatic carbocycles. The van der Waals surface area contributed by atoms with Crippen molar-refractivity contribution >= 4 is 0 Å². The van der Waals surface area contributed by atoms with Gasteiger partial charge in [0, 0.05) is 11.6 Å². The summed E-state index contributed by atoms with van der Waals surface area (Å²) in [6.45, 7) is 3.11. The summed E-state index contributed by atoms with van der Waals surface area (Å²) in [5, 5.41) is 3.45. The Morgan fingerprint density at radius 1 is 0.676 bits per heavy atom. The number of hydrogen-bond donors (Lipinski definition) is 1. The van der Waals surface area contributed by atoms with Crippen LogP contribution in [0.3, 0.4) is 0 Å². The smallest absolute Gasteiger partial charge is 0.225 e. The Bertz CT molecular complexity index is 1170. The molecule has 172 valence electrons. The zero-order valence-electron chi connectivity index (χ0n) is 19.3. The van der Waals surface area contributed by atoms with Crippen molar-refractivity contribution in [2.75, 3.05) is 13.1 Å². The first-order valence-electron chi connectivity index (χ1n) is 12.0. The van der Waals surface area contributed by atoms with Crippen molar-refractivity contribution in [1.82, 2.24) is 10.3 Å². The van der Waals surface area contributed by atoms with Crippen LogP contribution in [-0.4, -0.2) is 18.1 Å². The summed E-state index contributed by atoms with van der Waals surface area (Å²) in [7, 11) is 0. The lowest BCUT2D eigenvalue weighted by Crippen LogP contribution is -2.26. The SMILES string of the molecule is c1ccc(COc2ccc(-c3ccc(C4CCNCC4)cc3)c(OCc3ccccc3)n2)cc1. The second-order valence-corrected chi connectivity index (χ2v) is 8.70. The molecule has 0 saturated carbocycles. The van der Waals surface area contributed by atoms with Crippen LogP contribution in [0.5, 0.6) is 11.8 Å². The van der Waals surface area contributed by atoms with Crippen LogP contribution in [0, 0.1) is 0 Å². The topological polar surface area (TPSA) is 43.4 Å². The van der Waals surface area contributed by atoms with Crippen LogP contribution in [0.25, 0.3) is 11.1 Å². The molecule has 1 aromatic heterocycles. The fraction of sp³-hybridized carbons (Fsp3) is 0.233. The van der Waals surface area contributed by atoms with Crippen molar-refractivity contribution in [3.05, 3.63) is 114 Å². The predicted molar refractivity (Wildman–Crippen MR) is 136 cm³/mol. The van der Waals surface area contributed by atoms with E-state index in [0.29, 0.717) is 30.9 Å². The Hall–Kier alpha value is -3.63. The van der Waals surface area contributed by atoms with E-state index < -0.39 is 0 Å². The number of pyridine rings is 1. The Morgan fingerprint density at radius 2 is 1.29 bits per heavy atom.